The molecule has 0 spiro atoms. The number of benzene rings is 1. The molecule has 0 aliphatic carbocycles. The van der Waals surface area contributed by atoms with E-state index in [0.717, 1.165) is 19.5 Å². The molecule has 1 aromatic rings. The Morgan fingerprint density at radius 1 is 1.38 bits per heavy atom. The quantitative estimate of drug-likeness (QED) is 0.818. The van der Waals surface area contributed by atoms with Crippen LogP contribution >= 0.6 is 23.2 Å². The smallest absolute Gasteiger partial charge is 0.244 e. The molecule has 1 aliphatic heterocycles. The largest absolute Gasteiger partial charge is 0.398 e. The predicted molar refractivity (Wildman–Crippen MR) is 86.3 cm³/mol. The third-order valence-electron chi connectivity index (χ3n) is 3.72. The van der Waals surface area contributed by atoms with Gasteiger partial charge in [-0.3, -0.25) is 0 Å². The Labute approximate surface area is 135 Å². The molecule has 1 aliphatic rings. The van der Waals surface area contributed by atoms with Crippen molar-refractivity contribution in [2.24, 2.45) is 5.92 Å². The zero-order valence-electron chi connectivity index (χ0n) is 11.9. The van der Waals surface area contributed by atoms with Crippen molar-refractivity contribution in [3.8, 4) is 0 Å². The molecule has 21 heavy (non-hydrogen) atoms. The summed E-state index contributed by atoms with van der Waals surface area (Å²) in [6.45, 7) is 3.72. The maximum Gasteiger partial charge on any atom is 0.244 e. The Balaban J connectivity index is 2.27. The fraction of sp³-hybridized carbons (Fsp3) is 0.538. The molecule has 1 fully saturated rings. The molecule has 5 nitrogen and oxygen atoms in total. The molecule has 2 rings (SSSR count). The van der Waals surface area contributed by atoms with Gasteiger partial charge < -0.3 is 10.6 Å². The van der Waals surface area contributed by atoms with Crippen molar-refractivity contribution in [1.29, 1.82) is 0 Å². The van der Waals surface area contributed by atoms with Crippen LogP contribution in [0.15, 0.2) is 17.0 Å². The normalized spacial score (nSPS) is 24.2. The molecule has 1 heterocycles. The number of nitrogens with zero attached hydrogens (tertiary/aromatic N) is 1. The SMILES string of the molecule is CC1CN(C)CCC1NS(=O)(=O)c1c(N)cc(Cl)cc1Cl. The molecule has 3 N–H and O–H groups in total. The summed E-state index contributed by atoms with van der Waals surface area (Å²) in [5, 5.41) is 0.345. The number of nitrogens with one attached hydrogen (secondary N) is 1. The second kappa shape index (κ2) is 6.30. The second-order valence-corrected chi connectivity index (χ2v) is 8.06. The van der Waals surface area contributed by atoms with Gasteiger partial charge in [-0.15, -0.1) is 0 Å². The average molecular weight is 352 g/mol. The molecule has 1 aromatic carbocycles. The molecule has 0 saturated carbocycles. The van der Waals surface area contributed by atoms with Crippen molar-refractivity contribution < 1.29 is 8.42 Å². The highest BCUT2D eigenvalue weighted by atomic mass is 35.5. The first kappa shape index (κ1) is 16.8. The van der Waals surface area contributed by atoms with Gasteiger partial charge in [0.15, 0.2) is 0 Å². The van der Waals surface area contributed by atoms with Gasteiger partial charge in [0.2, 0.25) is 10.0 Å². The molecule has 0 aromatic heterocycles. The Kier molecular flexibility index (Phi) is 5.05. The van der Waals surface area contributed by atoms with E-state index in [4.69, 9.17) is 28.9 Å². The van der Waals surface area contributed by atoms with Crippen LogP contribution in [0.1, 0.15) is 13.3 Å². The fourth-order valence-corrected chi connectivity index (χ4v) is 5.02. The van der Waals surface area contributed by atoms with Crippen molar-refractivity contribution in [2.75, 3.05) is 25.9 Å². The molecule has 8 heteroatoms. The lowest BCUT2D eigenvalue weighted by molar-refractivity contribution is 0.188. The average Bonchev–Trinajstić information content (AvgIpc) is 2.30. The van der Waals surface area contributed by atoms with E-state index in [0.29, 0.717) is 5.02 Å². The Bertz CT molecular complexity index is 613. The number of piperidine rings is 1. The first-order chi connectivity index (χ1) is 9.70. The number of nitrogens with two attached hydrogens (primary N) is 1. The molecule has 2 unspecified atom stereocenters. The lowest BCUT2D eigenvalue weighted by atomic mass is 9.95. The lowest BCUT2D eigenvalue weighted by Crippen LogP contribution is -2.48. The number of hydrogen-bond donors (Lipinski definition) is 2. The van der Waals surface area contributed by atoms with Gasteiger partial charge in [-0.1, -0.05) is 30.1 Å². The van der Waals surface area contributed by atoms with Crippen molar-refractivity contribution in [3.63, 3.8) is 0 Å². The van der Waals surface area contributed by atoms with Crippen molar-refractivity contribution in [2.45, 2.75) is 24.3 Å². The van der Waals surface area contributed by atoms with Crippen molar-refractivity contribution >= 4 is 38.9 Å². The Hall–Kier alpha value is -0.530. The standard InChI is InChI=1S/C13H19Cl2N3O2S/c1-8-7-18(2)4-3-12(8)17-21(19,20)13-10(15)5-9(14)6-11(13)16/h5-6,8,12,17H,3-4,7,16H2,1-2H3. The number of halogens is 2. The summed E-state index contributed by atoms with van der Waals surface area (Å²) in [6.07, 6.45) is 0.752. The summed E-state index contributed by atoms with van der Waals surface area (Å²) >= 11 is 11.8. The Morgan fingerprint density at radius 3 is 2.62 bits per heavy atom. The number of nitrogen functional groups attached to an aromatic ring is 1. The maximum atomic E-state index is 12.5. The zero-order chi connectivity index (χ0) is 15.8. The van der Waals surface area contributed by atoms with E-state index < -0.39 is 10.0 Å². The van der Waals surface area contributed by atoms with Crippen LogP contribution in [0.25, 0.3) is 0 Å². The van der Waals surface area contributed by atoms with Crippen LogP contribution in [0.2, 0.25) is 10.0 Å². The molecule has 2 atom stereocenters. The fourth-order valence-electron chi connectivity index (χ4n) is 2.65. The van der Waals surface area contributed by atoms with E-state index in [-0.39, 0.29) is 27.6 Å². The second-order valence-electron chi connectivity index (χ2n) is 5.56. The van der Waals surface area contributed by atoms with Crippen LogP contribution in [-0.2, 0) is 10.0 Å². The summed E-state index contributed by atoms with van der Waals surface area (Å²) in [5.41, 5.74) is 5.83. The van der Waals surface area contributed by atoms with E-state index in [1.54, 1.807) is 0 Å². The van der Waals surface area contributed by atoms with E-state index in [1.807, 2.05) is 14.0 Å². The number of hydrogen-bond acceptors (Lipinski definition) is 4. The van der Waals surface area contributed by atoms with Crippen LogP contribution in [0.4, 0.5) is 5.69 Å². The third kappa shape index (κ3) is 3.81. The summed E-state index contributed by atoms with van der Waals surface area (Å²) in [6, 6.07) is 2.64. The summed E-state index contributed by atoms with van der Waals surface area (Å²) in [7, 11) is -1.75. The molecule has 1 saturated heterocycles. The van der Waals surface area contributed by atoms with Gasteiger partial charge in [-0.05, 0) is 38.1 Å². The topological polar surface area (TPSA) is 75.4 Å². The number of sulfonamides is 1. The first-order valence-corrected chi connectivity index (χ1v) is 8.90. The Morgan fingerprint density at radius 2 is 2.05 bits per heavy atom. The minimum absolute atomic E-state index is 0.0353. The van der Waals surface area contributed by atoms with E-state index in [9.17, 15) is 8.42 Å². The van der Waals surface area contributed by atoms with Crippen LogP contribution in [-0.4, -0.2) is 39.5 Å². The van der Waals surface area contributed by atoms with Gasteiger partial charge in [0.25, 0.3) is 0 Å². The molecule has 0 amide bonds. The highest BCUT2D eigenvalue weighted by Gasteiger charge is 2.30. The maximum absolute atomic E-state index is 12.5. The molecular weight excluding hydrogens is 333 g/mol. The lowest BCUT2D eigenvalue weighted by Gasteiger charge is -2.35. The summed E-state index contributed by atoms with van der Waals surface area (Å²) in [5.74, 6) is 0.214. The number of likely N-dealkylation sites (tertiary alicyclic amines) is 1. The van der Waals surface area contributed by atoms with Crippen LogP contribution in [0, 0.1) is 5.92 Å². The molecule has 0 bridgehead atoms. The monoisotopic (exact) mass is 351 g/mol. The minimum Gasteiger partial charge on any atom is -0.398 e. The number of anilines is 1. The van der Waals surface area contributed by atoms with Gasteiger partial charge in [0.1, 0.15) is 4.90 Å². The van der Waals surface area contributed by atoms with E-state index in [1.165, 1.54) is 12.1 Å². The van der Waals surface area contributed by atoms with Gasteiger partial charge in [0.05, 0.1) is 10.7 Å². The third-order valence-corrected chi connectivity index (χ3v) is 5.96. The van der Waals surface area contributed by atoms with Crippen LogP contribution in [0.3, 0.4) is 0 Å². The van der Waals surface area contributed by atoms with E-state index >= 15 is 0 Å². The molecule has 118 valence electrons. The van der Waals surface area contributed by atoms with E-state index in [2.05, 4.69) is 9.62 Å². The highest BCUT2D eigenvalue weighted by Crippen LogP contribution is 2.31. The van der Waals surface area contributed by atoms with Crippen LogP contribution < -0.4 is 10.5 Å². The van der Waals surface area contributed by atoms with Crippen molar-refractivity contribution in [1.82, 2.24) is 9.62 Å². The molecular formula is C13H19Cl2N3O2S. The van der Waals surface area contributed by atoms with Gasteiger partial charge >= 0.3 is 0 Å². The first-order valence-electron chi connectivity index (χ1n) is 6.66. The zero-order valence-corrected chi connectivity index (χ0v) is 14.3. The molecule has 0 radical (unpaired) electrons. The van der Waals surface area contributed by atoms with Gasteiger partial charge in [-0.2, -0.15) is 0 Å². The van der Waals surface area contributed by atoms with Crippen LogP contribution in [0.5, 0.6) is 0 Å². The van der Waals surface area contributed by atoms with Gasteiger partial charge in [0, 0.05) is 17.6 Å². The summed E-state index contributed by atoms with van der Waals surface area (Å²) in [4.78, 5) is 2.08. The minimum atomic E-state index is -3.77. The van der Waals surface area contributed by atoms with Gasteiger partial charge in [-0.25, -0.2) is 13.1 Å². The predicted octanol–water partition coefficient (Wildman–Crippen LogP) is 2.19. The highest BCUT2D eigenvalue weighted by molar-refractivity contribution is 7.89. The number of rotatable bonds is 3. The van der Waals surface area contributed by atoms with Crippen molar-refractivity contribution in [3.05, 3.63) is 22.2 Å². The summed E-state index contributed by atoms with van der Waals surface area (Å²) < 4.78 is 27.8.